The summed E-state index contributed by atoms with van der Waals surface area (Å²) in [5, 5.41) is 19.2. The van der Waals surface area contributed by atoms with Gasteiger partial charge in [-0.3, -0.25) is 0 Å². The SMILES string of the molecule is CC1=CC[C@@H]([C@](C)(O)CC/C=C(\C)C(=O)O)CC1. The number of rotatable bonds is 5. The van der Waals surface area contributed by atoms with Crippen LogP contribution in [0.2, 0.25) is 0 Å². The van der Waals surface area contributed by atoms with Gasteiger partial charge in [-0.1, -0.05) is 17.7 Å². The molecule has 0 saturated heterocycles. The molecule has 0 fully saturated rings. The van der Waals surface area contributed by atoms with Crippen molar-refractivity contribution < 1.29 is 15.0 Å². The molecule has 1 rings (SSSR count). The zero-order valence-electron chi connectivity index (χ0n) is 11.6. The van der Waals surface area contributed by atoms with E-state index >= 15 is 0 Å². The summed E-state index contributed by atoms with van der Waals surface area (Å²) in [6.07, 6.45) is 8.16. The van der Waals surface area contributed by atoms with E-state index in [4.69, 9.17) is 5.11 Å². The molecule has 0 aromatic rings. The number of carbonyl (C=O) groups is 1. The summed E-state index contributed by atoms with van der Waals surface area (Å²) < 4.78 is 0. The summed E-state index contributed by atoms with van der Waals surface area (Å²) in [6.45, 7) is 5.59. The molecule has 3 heteroatoms. The van der Waals surface area contributed by atoms with E-state index in [2.05, 4.69) is 13.0 Å². The summed E-state index contributed by atoms with van der Waals surface area (Å²) in [4.78, 5) is 10.7. The van der Waals surface area contributed by atoms with E-state index in [0.717, 1.165) is 19.3 Å². The standard InChI is InChI=1S/C15H24O3/c1-11-6-8-13(9-7-11)15(3,18)10-4-5-12(2)14(16)17/h5-6,13,18H,4,7-10H2,1-3H3,(H,16,17)/b12-5+/t13-,15-/m1/s1. The molecule has 2 atom stereocenters. The second kappa shape index (κ2) is 6.19. The van der Waals surface area contributed by atoms with E-state index < -0.39 is 11.6 Å². The third-order valence-corrected chi connectivity index (χ3v) is 3.96. The van der Waals surface area contributed by atoms with Crippen LogP contribution in [0.4, 0.5) is 0 Å². The number of carboxylic acid groups (broad SMARTS) is 1. The number of hydrogen-bond donors (Lipinski definition) is 2. The molecular formula is C15H24O3. The van der Waals surface area contributed by atoms with Crippen LogP contribution < -0.4 is 0 Å². The molecule has 3 nitrogen and oxygen atoms in total. The van der Waals surface area contributed by atoms with Crippen molar-refractivity contribution in [1.29, 1.82) is 0 Å². The van der Waals surface area contributed by atoms with Gasteiger partial charge >= 0.3 is 5.97 Å². The minimum atomic E-state index is -0.883. The number of hydrogen-bond acceptors (Lipinski definition) is 2. The van der Waals surface area contributed by atoms with Crippen LogP contribution in [-0.4, -0.2) is 21.8 Å². The highest BCUT2D eigenvalue weighted by Gasteiger charge is 2.31. The first kappa shape index (κ1) is 15.0. The maximum atomic E-state index is 10.7. The fraction of sp³-hybridized carbons (Fsp3) is 0.667. The Bertz CT molecular complexity index is 364. The average Bonchev–Trinajstić information content (AvgIpc) is 2.29. The Hall–Kier alpha value is -1.09. The fourth-order valence-electron chi connectivity index (χ4n) is 2.40. The van der Waals surface area contributed by atoms with Gasteiger partial charge in [0.25, 0.3) is 0 Å². The molecule has 18 heavy (non-hydrogen) atoms. The van der Waals surface area contributed by atoms with Gasteiger partial charge in [-0.15, -0.1) is 0 Å². The van der Waals surface area contributed by atoms with Crippen LogP contribution in [0.1, 0.15) is 52.9 Å². The van der Waals surface area contributed by atoms with Gasteiger partial charge in [0.15, 0.2) is 0 Å². The van der Waals surface area contributed by atoms with Crippen molar-refractivity contribution in [3.8, 4) is 0 Å². The Labute approximate surface area is 109 Å². The summed E-state index contributed by atoms with van der Waals surface area (Å²) >= 11 is 0. The van der Waals surface area contributed by atoms with Gasteiger partial charge in [-0.25, -0.2) is 4.79 Å². The lowest BCUT2D eigenvalue weighted by Gasteiger charge is -2.34. The van der Waals surface area contributed by atoms with Gasteiger partial charge in [0.2, 0.25) is 0 Å². The molecule has 0 bridgehead atoms. The molecule has 0 spiro atoms. The van der Waals surface area contributed by atoms with E-state index in [-0.39, 0.29) is 0 Å². The molecule has 2 N–H and O–H groups in total. The van der Waals surface area contributed by atoms with Crippen LogP contribution in [0.15, 0.2) is 23.3 Å². The second-order valence-electron chi connectivity index (χ2n) is 5.61. The predicted octanol–water partition coefficient (Wildman–Crippen LogP) is 3.29. The van der Waals surface area contributed by atoms with Crippen molar-refractivity contribution in [2.45, 2.75) is 58.5 Å². The molecule has 0 aliphatic heterocycles. The quantitative estimate of drug-likeness (QED) is 0.583. The summed E-state index contributed by atoms with van der Waals surface area (Å²) in [5.74, 6) is -0.592. The minimum absolute atomic E-state index is 0.291. The summed E-state index contributed by atoms with van der Waals surface area (Å²) in [7, 11) is 0. The topological polar surface area (TPSA) is 57.5 Å². The Balaban J connectivity index is 2.50. The van der Waals surface area contributed by atoms with Crippen LogP contribution in [0, 0.1) is 5.92 Å². The average molecular weight is 252 g/mol. The van der Waals surface area contributed by atoms with E-state index in [9.17, 15) is 9.90 Å². The predicted molar refractivity (Wildman–Crippen MR) is 72.3 cm³/mol. The largest absolute Gasteiger partial charge is 0.478 e. The van der Waals surface area contributed by atoms with E-state index in [1.54, 1.807) is 13.0 Å². The zero-order chi connectivity index (χ0) is 13.8. The van der Waals surface area contributed by atoms with Crippen molar-refractivity contribution >= 4 is 5.97 Å². The number of aliphatic hydroxyl groups is 1. The van der Waals surface area contributed by atoms with Gasteiger partial charge in [-0.2, -0.15) is 0 Å². The normalized spacial score (nSPS) is 24.3. The molecule has 0 aromatic heterocycles. The molecule has 1 aliphatic carbocycles. The molecule has 0 saturated carbocycles. The first-order valence-corrected chi connectivity index (χ1v) is 6.61. The summed E-state index contributed by atoms with van der Waals surface area (Å²) in [6, 6.07) is 0. The first-order chi connectivity index (χ1) is 8.33. The van der Waals surface area contributed by atoms with Gasteiger partial charge in [-0.05, 0) is 58.8 Å². The molecule has 0 heterocycles. The van der Waals surface area contributed by atoms with Crippen molar-refractivity contribution in [2.24, 2.45) is 5.92 Å². The van der Waals surface area contributed by atoms with Crippen LogP contribution in [-0.2, 0) is 4.79 Å². The molecule has 1 aliphatic rings. The van der Waals surface area contributed by atoms with Crippen molar-refractivity contribution in [1.82, 2.24) is 0 Å². The molecule has 0 amide bonds. The van der Waals surface area contributed by atoms with Crippen LogP contribution in [0.25, 0.3) is 0 Å². The Kier molecular flexibility index (Phi) is 5.15. The Morgan fingerprint density at radius 2 is 2.28 bits per heavy atom. The maximum Gasteiger partial charge on any atom is 0.330 e. The molecule has 0 aromatic carbocycles. The van der Waals surface area contributed by atoms with Crippen molar-refractivity contribution in [3.63, 3.8) is 0 Å². The molecule has 102 valence electrons. The highest BCUT2D eigenvalue weighted by Crippen LogP contribution is 2.34. The Morgan fingerprint density at radius 3 is 2.78 bits per heavy atom. The third-order valence-electron chi connectivity index (χ3n) is 3.96. The second-order valence-corrected chi connectivity index (χ2v) is 5.61. The van der Waals surface area contributed by atoms with Crippen molar-refractivity contribution in [3.05, 3.63) is 23.3 Å². The number of allylic oxidation sites excluding steroid dienone is 3. The van der Waals surface area contributed by atoms with Crippen LogP contribution in [0.3, 0.4) is 0 Å². The molecule has 0 radical (unpaired) electrons. The van der Waals surface area contributed by atoms with Crippen LogP contribution in [0.5, 0.6) is 0 Å². The highest BCUT2D eigenvalue weighted by atomic mass is 16.4. The lowest BCUT2D eigenvalue weighted by molar-refractivity contribution is -0.132. The summed E-state index contributed by atoms with van der Waals surface area (Å²) in [5.41, 5.74) is 1.06. The molecule has 0 unspecified atom stereocenters. The van der Waals surface area contributed by atoms with E-state index in [1.807, 2.05) is 6.92 Å². The van der Waals surface area contributed by atoms with Gasteiger partial charge in [0.05, 0.1) is 5.60 Å². The number of aliphatic carboxylic acids is 1. The van der Waals surface area contributed by atoms with E-state index in [1.165, 1.54) is 5.57 Å². The maximum absolute atomic E-state index is 10.7. The zero-order valence-corrected chi connectivity index (χ0v) is 11.6. The monoisotopic (exact) mass is 252 g/mol. The first-order valence-electron chi connectivity index (χ1n) is 6.61. The minimum Gasteiger partial charge on any atom is -0.478 e. The smallest absolute Gasteiger partial charge is 0.330 e. The highest BCUT2D eigenvalue weighted by molar-refractivity contribution is 5.85. The molecular weight excluding hydrogens is 228 g/mol. The lowest BCUT2D eigenvalue weighted by atomic mass is 9.76. The number of carboxylic acids is 1. The fourth-order valence-corrected chi connectivity index (χ4v) is 2.40. The van der Waals surface area contributed by atoms with Crippen LogP contribution >= 0.6 is 0 Å². The lowest BCUT2D eigenvalue weighted by Crippen LogP contribution is -2.35. The Morgan fingerprint density at radius 1 is 1.61 bits per heavy atom. The van der Waals surface area contributed by atoms with E-state index in [0.29, 0.717) is 24.3 Å². The van der Waals surface area contributed by atoms with Crippen molar-refractivity contribution in [2.75, 3.05) is 0 Å². The third kappa shape index (κ3) is 4.30. The van der Waals surface area contributed by atoms with Gasteiger partial charge in [0, 0.05) is 5.57 Å². The van der Waals surface area contributed by atoms with Gasteiger partial charge in [0.1, 0.15) is 0 Å². The van der Waals surface area contributed by atoms with Gasteiger partial charge < -0.3 is 10.2 Å².